The van der Waals surface area contributed by atoms with E-state index in [-0.39, 0.29) is 5.91 Å². The Labute approximate surface area is 131 Å². The number of rotatable bonds is 3. The fraction of sp³-hybridized carbons (Fsp3) is 0.250. The van der Waals surface area contributed by atoms with Gasteiger partial charge in [-0.15, -0.1) is 0 Å². The highest BCUT2D eigenvalue weighted by molar-refractivity contribution is 9.10. The highest BCUT2D eigenvalue weighted by atomic mass is 79.9. The third-order valence-electron chi connectivity index (χ3n) is 3.61. The molecule has 0 saturated heterocycles. The summed E-state index contributed by atoms with van der Waals surface area (Å²) >= 11 is 3.37. The lowest BCUT2D eigenvalue weighted by atomic mass is 10.0. The summed E-state index contributed by atoms with van der Waals surface area (Å²) in [5.41, 5.74) is 2.67. The van der Waals surface area contributed by atoms with Gasteiger partial charge in [-0.2, -0.15) is 0 Å². The third kappa shape index (κ3) is 2.93. The lowest BCUT2D eigenvalue weighted by molar-refractivity contribution is 0.0725. The van der Waals surface area contributed by atoms with Crippen LogP contribution in [0.3, 0.4) is 0 Å². The number of carbonyl (C=O) groups excluding carboxylic acids is 1. The lowest BCUT2D eigenvalue weighted by Gasteiger charge is -2.28. The number of pyridine rings is 1. The van der Waals surface area contributed by atoms with E-state index in [1.807, 2.05) is 35.2 Å². The van der Waals surface area contributed by atoms with E-state index in [4.69, 9.17) is 4.74 Å². The minimum absolute atomic E-state index is 0.0425. The molecule has 1 aromatic carbocycles. The molecule has 0 radical (unpaired) electrons. The van der Waals surface area contributed by atoms with Gasteiger partial charge in [0.05, 0.1) is 18.4 Å². The molecule has 1 aliphatic rings. The first-order chi connectivity index (χ1) is 10.2. The minimum Gasteiger partial charge on any atom is -0.497 e. The summed E-state index contributed by atoms with van der Waals surface area (Å²) in [6, 6.07) is 9.65. The molecular weight excluding hydrogens is 332 g/mol. The number of fused-ring (bicyclic) bond motifs is 1. The van der Waals surface area contributed by atoms with E-state index in [1.54, 1.807) is 13.3 Å². The molecule has 0 fully saturated rings. The zero-order valence-electron chi connectivity index (χ0n) is 11.7. The SMILES string of the molecule is COc1ccc(CN2CCc3ncc(Br)cc3C2=O)cc1. The number of amides is 1. The maximum absolute atomic E-state index is 12.5. The van der Waals surface area contributed by atoms with Crippen molar-refractivity contribution in [2.75, 3.05) is 13.7 Å². The monoisotopic (exact) mass is 346 g/mol. The first kappa shape index (κ1) is 14.1. The Morgan fingerprint density at radius 1 is 1.33 bits per heavy atom. The molecule has 0 bridgehead atoms. The van der Waals surface area contributed by atoms with E-state index in [0.717, 1.165) is 27.9 Å². The molecule has 0 atom stereocenters. The summed E-state index contributed by atoms with van der Waals surface area (Å²) < 4.78 is 5.98. The summed E-state index contributed by atoms with van der Waals surface area (Å²) in [7, 11) is 1.64. The van der Waals surface area contributed by atoms with Crippen molar-refractivity contribution in [2.45, 2.75) is 13.0 Å². The number of methoxy groups -OCH3 is 1. The van der Waals surface area contributed by atoms with E-state index < -0.39 is 0 Å². The van der Waals surface area contributed by atoms with Crippen LogP contribution in [-0.2, 0) is 13.0 Å². The standard InChI is InChI=1S/C16H15BrN2O2/c1-21-13-4-2-11(3-5-13)10-19-7-6-15-14(16(19)20)8-12(17)9-18-15/h2-5,8-9H,6-7,10H2,1H3. The van der Waals surface area contributed by atoms with Crippen molar-refractivity contribution in [1.82, 2.24) is 9.88 Å². The van der Waals surface area contributed by atoms with Gasteiger partial charge in [-0.3, -0.25) is 9.78 Å². The van der Waals surface area contributed by atoms with Crippen LogP contribution in [0.4, 0.5) is 0 Å². The van der Waals surface area contributed by atoms with Gasteiger partial charge in [0.25, 0.3) is 5.91 Å². The van der Waals surface area contributed by atoms with Crippen molar-refractivity contribution in [3.05, 3.63) is 57.8 Å². The molecule has 4 nitrogen and oxygen atoms in total. The predicted molar refractivity (Wildman–Crippen MR) is 83.4 cm³/mol. The zero-order chi connectivity index (χ0) is 14.8. The molecule has 21 heavy (non-hydrogen) atoms. The lowest BCUT2D eigenvalue weighted by Crippen LogP contribution is -2.37. The van der Waals surface area contributed by atoms with Gasteiger partial charge in [-0.25, -0.2) is 0 Å². The van der Waals surface area contributed by atoms with E-state index in [2.05, 4.69) is 20.9 Å². The van der Waals surface area contributed by atoms with Crippen molar-refractivity contribution >= 4 is 21.8 Å². The minimum atomic E-state index is 0.0425. The number of hydrogen-bond acceptors (Lipinski definition) is 3. The Morgan fingerprint density at radius 2 is 2.10 bits per heavy atom. The Bertz CT molecular complexity index is 670. The van der Waals surface area contributed by atoms with Crippen LogP contribution in [0.25, 0.3) is 0 Å². The second-order valence-electron chi connectivity index (χ2n) is 4.97. The van der Waals surface area contributed by atoms with Crippen LogP contribution in [0, 0.1) is 0 Å². The highest BCUT2D eigenvalue weighted by Crippen LogP contribution is 2.22. The number of carbonyl (C=O) groups is 1. The van der Waals surface area contributed by atoms with Crippen molar-refractivity contribution in [2.24, 2.45) is 0 Å². The summed E-state index contributed by atoms with van der Waals surface area (Å²) in [4.78, 5) is 18.7. The van der Waals surface area contributed by atoms with Crippen LogP contribution in [0.2, 0.25) is 0 Å². The summed E-state index contributed by atoms with van der Waals surface area (Å²) in [6.45, 7) is 1.31. The smallest absolute Gasteiger partial charge is 0.256 e. The number of halogens is 1. The molecule has 2 aromatic rings. The summed E-state index contributed by atoms with van der Waals surface area (Å²) in [6.07, 6.45) is 2.54. The van der Waals surface area contributed by atoms with Crippen LogP contribution in [0.1, 0.15) is 21.6 Å². The molecule has 0 aliphatic carbocycles. The molecule has 1 amide bonds. The molecule has 5 heteroatoms. The molecule has 108 valence electrons. The van der Waals surface area contributed by atoms with Gasteiger partial charge in [0.15, 0.2) is 0 Å². The first-order valence-electron chi connectivity index (χ1n) is 6.74. The molecule has 3 rings (SSSR count). The summed E-state index contributed by atoms with van der Waals surface area (Å²) in [5, 5.41) is 0. The van der Waals surface area contributed by atoms with Crippen LogP contribution in [-0.4, -0.2) is 29.4 Å². The van der Waals surface area contributed by atoms with Crippen molar-refractivity contribution < 1.29 is 9.53 Å². The fourth-order valence-corrected chi connectivity index (χ4v) is 2.80. The van der Waals surface area contributed by atoms with Crippen LogP contribution < -0.4 is 4.74 Å². The quantitative estimate of drug-likeness (QED) is 0.857. The molecule has 2 heterocycles. The number of benzene rings is 1. The van der Waals surface area contributed by atoms with Gasteiger partial charge in [0, 0.05) is 30.2 Å². The van der Waals surface area contributed by atoms with Crippen LogP contribution >= 0.6 is 15.9 Å². The normalized spacial score (nSPS) is 14.0. The van der Waals surface area contributed by atoms with Gasteiger partial charge in [0.1, 0.15) is 5.75 Å². The largest absolute Gasteiger partial charge is 0.497 e. The third-order valence-corrected chi connectivity index (χ3v) is 4.04. The number of ether oxygens (including phenoxy) is 1. The fourth-order valence-electron chi connectivity index (χ4n) is 2.47. The van der Waals surface area contributed by atoms with Gasteiger partial charge >= 0.3 is 0 Å². The molecule has 0 spiro atoms. The second kappa shape index (κ2) is 5.85. The van der Waals surface area contributed by atoms with Gasteiger partial charge in [-0.05, 0) is 39.7 Å². The average molecular weight is 347 g/mol. The van der Waals surface area contributed by atoms with Crippen LogP contribution in [0.5, 0.6) is 5.75 Å². The Kier molecular flexibility index (Phi) is 3.92. The average Bonchev–Trinajstić information content (AvgIpc) is 2.51. The highest BCUT2D eigenvalue weighted by Gasteiger charge is 2.25. The number of aromatic nitrogens is 1. The first-order valence-corrected chi connectivity index (χ1v) is 7.53. The van der Waals surface area contributed by atoms with Gasteiger partial charge in [0.2, 0.25) is 0 Å². The Morgan fingerprint density at radius 3 is 2.81 bits per heavy atom. The van der Waals surface area contributed by atoms with Gasteiger partial charge in [-0.1, -0.05) is 12.1 Å². The van der Waals surface area contributed by atoms with E-state index >= 15 is 0 Å². The zero-order valence-corrected chi connectivity index (χ0v) is 13.3. The van der Waals surface area contributed by atoms with Crippen molar-refractivity contribution in [1.29, 1.82) is 0 Å². The van der Waals surface area contributed by atoms with Crippen molar-refractivity contribution in [3.63, 3.8) is 0 Å². The summed E-state index contributed by atoms with van der Waals surface area (Å²) in [5.74, 6) is 0.864. The van der Waals surface area contributed by atoms with Gasteiger partial charge < -0.3 is 9.64 Å². The topological polar surface area (TPSA) is 42.4 Å². The second-order valence-corrected chi connectivity index (χ2v) is 5.89. The van der Waals surface area contributed by atoms with E-state index in [9.17, 15) is 4.79 Å². The van der Waals surface area contributed by atoms with Crippen LogP contribution in [0.15, 0.2) is 41.0 Å². The molecule has 1 aliphatic heterocycles. The molecule has 0 N–H and O–H groups in total. The molecule has 0 saturated carbocycles. The van der Waals surface area contributed by atoms with E-state index in [1.165, 1.54) is 0 Å². The Balaban J connectivity index is 1.79. The Hall–Kier alpha value is -1.88. The molecule has 0 unspecified atom stereocenters. The number of nitrogens with zero attached hydrogens (tertiary/aromatic N) is 2. The number of hydrogen-bond donors (Lipinski definition) is 0. The molecular formula is C16H15BrN2O2. The maximum Gasteiger partial charge on any atom is 0.256 e. The van der Waals surface area contributed by atoms with Crippen molar-refractivity contribution in [3.8, 4) is 5.75 Å². The van der Waals surface area contributed by atoms with E-state index in [0.29, 0.717) is 18.7 Å². The maximum atomic E-state index is 12.5. The molecule has 1 aromatic heterocycles. The predicted octanol–water partition coefficient (Wildman–Crippen LogP) is 3.05.